The number of pyridine rings is 1. The average molecular weight is 338 g/mol. The van der Waals surface area contributed by atoms with Crippen molar-refractivity contribution in [1.29, 1.82) is 0 Å². The van der Waals surface area contributed by atoms with Gasteiger partial charge in [0.1, 0.15) is 11.5 Å². The minimum atomic E-state index is 0.0774. The second-order valence-electron chi connectivity index (χ2n) is 6.09. The first kappa shape index (κ1) is 15.9. The molecule has 1 aliphatic rings. The number of anilines is 2. The Bertz CT molecular complexity index is 838. The number of fused-ring (bicyclic) bond motifs is 1. The molecule has 0 radical (unpaired) electrons. The van der Waals surface area contributed by atoms with Gasteiger partial charge in [-0.2, -0.15) is 0 Å². The average Bonchev–Trinajstić information content (AvgIpc) is 3.15. The van der Waals surface area contributed by atoms with Gasteiger partial charge in [0.15, 0.2) is 0 Å². The first-order valence-electron chi connectivity index (χ1n) is 8.61. The molecule has 4 rings (SSSR count). The summed E-state index contributed by atoms with van der Waals surface area (Å²) < 4.78 is 5.42. The van der Waals surface area contributed by atoms with Crippen LogP contribution >= 0.6 is 0 Å². The summed E-state index contributed by atoms with van der Waals surface area (Å²) >= 11 is 0. The highest BCUT2D eigenvalue weighted by atomic mass is 16.5. The molecular formula is C19H22N4O2. The molecule has 6 nitrogen and oxygen atoms in total. The predicted molar refractivity (Wildman–Crippen MR) is 100 cm³/mol. The zero-order valence-electron chi connectivity index (χ0n) is 14.0. The smallest absolute Gasteiger partial charge is 0.140 e. The summed E-state index contributed by atoms with van der Waals surface area (Å²) in [4.78, 5) is 10.1. The Kier molecular flexibility index (Phi) is 4.54. The molecule has 3 aromatic rings. The number of hydrogen-bond donors (Lipinski definition) is 3. The molecule has 3 heterocycles. The number of rotatable bonds is 5. The molecule has 1 aromatic carbocycles. The summed E-state index contributed by atoms with van der Waals surface area (Å²) in [7, 11) is 0. The molecule has 0 amide bonds. The van der Waals surface area contributed by atoms with Gasteiger partial charge in [-0.25, -0.2) is 4.98 Å². The Morgan fingerprint density at radius 1 is 1.16 bits per heavy atom. The van der Waals surface area contributed by atoms with Crippen molar-refractivity contribution in [2.45, 2.75) is 0 Å². The number of benzene rings is 1. The van der Waals surface area contributed by atoms with Crippen LogP contribution in [-0.4, -0.2) is 54.5 Å². The highest BCUT2D eigenvalue weighted by molar-refractivity contribution is 5.94. The van der Waals surface area contributed by atoms with E-state index in [1.807, 2.05) is 18.3 Å². The van der Waals surface area contributed by atoms with Gasteiger partial charge in [-0.05, 0) is 35.4 Å². The first-order valence-corrected chi connectivity index (χ1v) is 8.61. The van der Waals surface area contributed by atoms with E-state index < -0.39 is 0 Å². The lowest BCUT2D eigenvalue weighted by atomic mass is 10.0. The van der Waals surface area contributed by atoms with Gasteiger partial charge >= 0.3 is 0 Å². The zero-order chi connectivity index (χ0) is 17.1. The Morgan fingerprint density at radius 3 is 2.72 bits per heavy atom. The number of aliphatic hydroxyl groups excluding tert-OH is 1. The Labute approximate surface area is 146 Å². The van der Waals surface area contributed by atoms with E-state index in [1.54, 1.807) is 0 Å². The molecule has 0 spiro atoms. The third-order valence-electron chi connectivity index (χ3n) is 4.50. The van der Waals surface area contributed by atoms with Gasteiger partial charge in [-0.3, -0.25) is 0 Å². The van der Waals surface area contributed by atoms with Crippen LogP contribution in [0.1, 0.15) is 0 Å². The molecule has 1 fully saturated rings. The van der Waals surface area contributed by atoms with Gasteiger partial charge in [0.2, 0.25) is 0 Å². The largest absolute Gasteiger partial charge is 0.395 e. The van der Waals surface area contributed by atoms with Crippen LogP contribution in [0.15, 0.2) is 42.6 Å². The van der Waals surface area contributed by atoms with Crippen LogP contribution in [0, 0.1) is 0 Å². The maximum absolute atomic E-state index is 9.03. The van der Waals surface area contributed by atoms with E-state index in [0.717, 1.165) is 54.3 Å². The number of morpholine rings is 1. The SMILES string of the molecule is OCCNc1cc(-c2ccc(N3CCOCC3)cc2)c2cc[nH]c2n1. The minimum absolute atomic E-state index is 0.0774. The van der Waals surface area contributed by atoms with E-state index in [9.17, 15) is 0 Å². The molecule has 0 aliphatic carbocycles. The highest BCUT2D eigenvalue weighted by Crippen LogP contribution is 2.31. The lowest BCUT2D eigenvalue weighted by Crippen LogP contribution is -2.36. The number of hydrogen-bond acceptors (Lipinski definition) is 5. The number of aromatic nitrogens is 2. The molecule has 0 saturated carbocycles. The summed E-state index contributed by atoms with van der Waals surface area (Å²) in [5.41, 5.74) is 4.34. The van der Waals surface area contributed by atoms with Gasteiger partial charge in [0.25, 0.3) is 0 Å². The fourth-order valence-corrected chi connectivity index (χ4v) is 3.22. The first-order chi connectivity index (χ1) is 12.3. The van der Waals surface area contributed by atoms with Crippen LogP contribution in [0.4, 0.5) is 11.5 Å². The molecule has 0 unspecified atom stereocenters. The van der Waals surface area contributed by atoms with Crippen molar-refractivity contribution in [3.05, 3.63) is 42.6 Å². The van der Waals surface area contributed by atoms with E-state index >= 15 is 0 Å². The Hall–Kier alpha value is -2.57. The van der Waals surface area contributed by atoms with Gasteiger partial charge in [-0.15, -0.1) is 0 Å². The normalized spacial score (nSPS) is 14.8. The number of aliphatic hydroxyl groups is 1. The Morgan fingerprint density at radius 2 is 1.96 bits per heavy atom. The predicted octanol–water partition coefficient (Wildman–Crippen LogP) is 2.47. The van der Waals surface area contributed by atoms with Crippen molar-refractivity contribution in [3.8, 4) is 11.1 Å². The van der Waals surface area contributed by atoms with E-state index in [0.29, 0.717) is 6.54 Å². The van der Waals surface area contributed by atoms with Gasteiger partial charge in [0.05, 0.1) is 19.8 Å². The number of nitrogens with zero attached hydrogens (tertiary/aromatic N) is 2. The van der Waals surface area contributed by atoms with Gasteiger partial charge in [0, 0.05) is 36.9 Å². The van der Waals surface area contributed by atoms with Crippen molar-refractivity contribution in [2.24, 2.45) is 0 Å². The van der Waals surface area contributed by atoms with Crippen LogP contribution < -0.4 is 10.2 Å². The van der Waals surface area contributed by atoms with Crippen LogP contribution in [0.25, 0.3) is 22.2 Å². The van der Waals surface area contributed by atoms with Crippen molar-refractivity contribution >= 4 is 22.5 Å². The third-order valence-corrected chi connectivity index (χ3v) is 4.50. The maximum atomic E-state index is 9.03. The van der Waals surface area contributed by atoms with Crippen molar-refractivity contribution in [2.75, 3.05) is 49.7 Å². The number of ether oxygens (including phenoxy) is 1. The maximum Gasteiger partial charge on any atom is 0.140 e. The fraction of sp³-hybridized carbons (Fsp3) is 0.316. The molecule has 1 aliphatic heterocycles. The van der Waals surface area contributed by atoms with E-state index in [4.69, 9.17) is 9.84 Å². The number of nitrogens with one attached hydrogen (secondary N) is 2. The molecule has 2 aromatic heterocycles. The molecular weight excluding hydrogens is 316 g/mol. The van der Waals surface area contributed by atoms with Crippen LogP contribution in [0.2, 0.25) is 0 Å². The molecule has 6 heteroatoms. The van der Waals surface area contributed by atoms with Crippen LogP contribution in [-0.2, 0) is 4.74 Å². The van der Waals surface area contributed by atoms with E-state index in [2.05, 4.69) is 44.5 Å². The van der Waals surface area contributed by atoms with E-state index in [1.165, 1.54) is 5.69 Å². The molecule has 3 N–H and O–H groups in total. The topological polar surface area (TPSA) is 73.4 Å². The summed E-state index contributed by atoms with van der Waals surface area (Å²) in [5.74, 6) is 0.760. The summed E-state index contributed by atoms with van der Waals surface area (Å²) in [6, 6.07) is 12.7. The summed E-state index contributed by atoms with van der Waals surface area (Å²) in [6.07, 6.45) is 1.90. The van der Waals surface area contributed by atoms with Crippen molar-refractivity contribution in [1.82, 2.24) is 9.97 Å². The minimum Gasteiger partial charge on any atom is -0.395 e. The summed E-state index contributed by atoms with van der Waals surface area (Å²) in [6.45, 7) is 4.01. The lowest BCUT2D eigenvalue weighted by molar-refractivity contribution is 0.122. The molecule has 25 heavy (non-hydrogen) atoms. The Balaban J connectivity index is 1.67. The molecule has 0 bridgehead atoms. The van der Waals surface area contributed by atoms with E-state index in [-0.39, 0.29) is 6.61 Å². The van der Waals surface area contributed by atoms with Crippen molar-refractivity contribution in [3.63, 3.8) is 0 Å². The fourth-order valence-electron chi connectivity index (χ4n) is 3.22. The summed E-state index contributed by atoms with van der Waals surface area (Å²) in [5, 5.41) is 13.3. The van der Waals surface area contributed by atoms with Crippen LogP contribution in [0.3, 0.4) is 0 Å². The monoisotopic (exact) mass is 338 g/mol. The second-order valence-corrected chi connectivity index (χ2v) is 6.09. The standard InChI is InChI=1S/C19H22N4O2/c24-10-7-20-18-13-17(16-5-6-21-19(16)22-18)14-1-3-15(4-2-14)23-8-11-25-12-9-23/h1-6,13,24H,7-12H2,(H2,20,21,22). The lowest BCUT2D eigenvalue weighted by Gasteiger charge is -2.29. The zero-order valence-corrected chi connectivity index (χ0v) is 14.0. The van der Waals surface area contributed by atoms with Crippen molar-refractivity contribution < 1.29 is 9.84 Å². The second kappa shape index (κ2) is 7.13. The molecule has 0 atom stereocenters. The number of H-pyrrole nitrogens is 1. The van der Waals surface area contributed by atoms with Gasteiger partial charge < -0.3 is 25.0 Å². The molecule has 130 valence electrons. The highest BCUT2D eigenvalue weighted by Gasteiger charge is 2.13. The quantitative estimate of drug-likeness (QED) is 0.666. The third kappa shape index (κ3) is 3.31. The van der Waals surface area contributed by atoms with Gasteiger partial charge in [-0.1, -0.05) is 12.1 Å². The molecule has 1 saturated heterocycles. The number of aromatic amines is 1. The van der Waals surface area contributed by atoms with Crippen LogP contribution in [0.5, 0.6) is 0 Å².